The van der Waals surface area contributed by atoms with Crippen LogP contribution in [0.15, 0.2) is 29.1 Å². The Morgan fingerprint density at radius 2 is 2.39 bits per heavy atom. The maximum absolute atomic E-state index is 11.9. The molecular weight excluding hydrogens is 248 g/mol. The van der Waals surface area contributed by atoms with E-state index in [1.54, 1.807) is 28.2 Å². The highest BCUT2D eigenvalue weighted by molar-refractivity contribution is 7.07. The van der Waals surface area contributed by atoms with Crippen molar-refractivity contribution in [2.45, 2.75) is 19.9 Å². The molecule has 0 fully saturated rings. The molecule has 0 bridgehead atoms. The molecule has 0 aromatic carbocycles. The summed E-state index contributed by atoms with van der Waals surface area (Å²) in [6.45, 7) is 3.05. The molecule has 0 saturated carbocycles. The molecule has 2 N–H and O–H groups in total. The first-order chi connectivity index (χ1) is 8.70. The van der Waals surface area contributed by atoms with Crippen LogP contribution in [-0.2, 0) is 17.7 Å². The lowest BCUT2D eigenvalue weighted by molar-refractivity contribution is 0.0497. The topological polar surface area (TPSA) is 57.2 Å². The molecule has 0 aliphatic rings. The predicted octanol–water partition coefficient (Wildman–Crippen LogP) is 2.55. The molecule has 0 spiro atoms. The summed E-state index contributed by atoms with van der Waals surface area (Å²) in [6.07, 6.45) is 2.49. The van der Waals surface area contributed by atoms with Gasteiger partial charge in [-0.25, -0.2) is 4.79 Å². The molecular formula is C13H16N2O2S. The van der Waals surface area contributed by atoms with E-state index in [0.29, 0.717) is 24.5 Å². The summed E-state index contributed by atoms with van der Waals surface area (Å²) < 4.78 is 7.04. The standard InChI is InChI=1S/C13H16N2O2S/c1-2-15-8-11(14)7-12(15)13(16)17-5-3-10-4-6-18-9-10/h4,6-9H,2-3,5,14H2,1H3. The summed E-state index contributed by atoms with van der Waals surface area (Å²) in [6, 6.07) is 3.68. The Morgan fingerprint density at radius 1 is 1.56 bits per heavy atom. The van der Waals surface area contributed by atoms with Crippen LogP contribution in [-0.4, -0.2) is 17.1 Å². The Hall–Kier alpha value is -1.75. The van der Waals surface area contributed by atoms with Gasteiger partial charge >= 0.3 is 5.97 Å². The first-order valence-corrected chi connectivity index (χ1v) is 6.79. The predicted molar refractivity (Wildman–Crippen MR) is 72.8 cm³/mol. The van der Waals surface area contributed by atoms with Crippen molar-refractivity contribution in [3.05, 3.63) is 40.3 Å². The zero-order valence-corrected chi connectivity index (χ0v) is 11.1. The minimum atomic E-state index is -0.316. The van der Waals surface area contributed by atoms with Gasteiger partial charge in [0, 0.05) is 19.2 Å². The number of thiophene rings is 1. The largest absolute Gasteiger partial charge is 0.461 e. The van der Waals surface area contributed by atoms with Gasteiger partial charge in [-0.2, -0.15) is 11.3 Å². The molecule has 2 heterocycles. The van der Waals surface area contributed by atoms with E-state index >= 15 is 0 Å². The number of aryl methyl sites for hydroxylation is 1. The number of carbonyl (C=O) groups excluding carboxylic acids is 1. The number of nitrogens with zero attached hydrogens (tertiary/aromatic N) is 1. The second-order valence-corrected chi connectivity index (χ2v) is 4.74. The number of esters is 1. The molecule has 0 aliphatic heterocycles. The molecule has 5 heteroatoms. The summed E-state index contributed by atoms with van der Waals surface area (Å²) in [4.78, 5) is 11.9. The number of anilines is 1. The van der Waals surface area contributed by atoms with Crippen LogP contribution in [0.5, 0.6) is 0 Å². The fourth-order valence-corrected chi connectivity index (χ4v) is 2.44. The van der Waals surface area contributed by atoms with E-state index < -0.39 is 0 Å². The van der Waals surface area contributed by atoms with Gasteiger partial charge in [-0.3, -0.25) is 0 Å². The van der Waals surface area contributed by atoms with Crippen LogP contribution >= 0.6 is 11.3 Å². The maximum Gasteiger partial charge on any atom is 0.355 e. The van der Waals surface area contributed by atoms with Crippen molar-refractivity contribution in [2.24, 2.45) is 0 Å². The van der Waals surface area contributed by atoms with Gasteiger partial charge in [0.05, 0.1) is 12.3 Å². The first kappa shape index (κ1) is 12.7. The summed E-state index contributed by atoms with van der Waals surface area (Å²) in [7, 11) is 0. The van der Waals surface area contributed by atoms with Crippen molar-refractivity contribution in [3.63, 3.8) is 0 Å². The van der Waals surface area contributed by atoms with Crippen molar-refractivity contribution < 1.29 is 9.53 Å². The normalized spacial score (nSPS) is 10.5. The third-order valence-electron chi connectivity index (χ3n) is 2.67. The van der Waals surface area contributed by atoms with E-state index in [2.05, 4.69) is 5.38 Å². The molecule has 2 aromatic rings. The minimum Gasteiger partial charge on any atom is -0.461 e. The van der Waals surface area contributed by atoms with E-state index in [4.69, 9.17) is 10.5 Å². The molecule has 0 unspecified atom stereocenters. The number of nitrogen functional groups attached to an aromatic ring is 1. The van der Waals surface area contributed by atoms with E-state index in [0.717, 1.165) is 6.42 Å². The smallest absolute Gasteiger partial charge is 0.355 e. The van der Waals surface area contributed by atoms with Gasteiger partial charge in [0.25, 0.3) is 0 Å². The Kier molecular flexibility index (Phi) is 4.04. The highest BCUT2D eigenvalue weighted by Gasteiger charge is 2.13. The summed E-state index contributed by atoms with van der Waals surface area (Å²) in [5, 5.41) is 4.07. The zero-order valence-electron chi connectivity index (χ0n) is 10.3. The molecule has 18 heavy (non-hydrogen) atoms. The second-order valence-electron chi connectivity index (χ2n) is 3.96. The van der Waals surface area contributed by atoms with E-state index in [1.165, 1.54) is 5.56 Å². The molecule has 0 atom stereocenters. The van der Waals surface area contributed by atoms with Crippen LogP contribution in [0, 0.1) is 0 Å². The van der Waals surface area contributed by atoms with E-state index in [1.807, 2.05) is 18.4 Å². The lowest BCUT2D eigenvalue weighted by Crippen LogP contribution is -2.12. The Bertz CT molecular complexity index is 517. The third-order valence-corrected chi connectivity index (χ3v) is 3.40. The number of rotatable bonds is 5. The average Bonchev–Trinajstić information content (AvgIpc) is 2.98. The highest BCUT2D eigenvalue weighted by Crippen LogP contribution is 2.12. The lowest BCUT2D eigenvalue weighted by Gasteiger charge is -2.06. The van der Waals surface area contributed by atoms with Gasteiger partial charge in [-0.05, 0) is 35.4 Å². The molecule has 2 rings (SSSR count). The van der Waals surface area contributed by atoms with Crippen molar-refractivity contribution in [1.29, 1.82) is 0 Å². The van der Waals surface area contributed by atoms with Crippen molar-refractivity contribution in [1.82, 2.24) is 4.57 Å². The lowest BCUT2D eigenvalue weighted by atomic mass is 10.2. The summed E-state index contributed by atoms with van der Waals surface area (Å²) in [5.41, 5.74) is 7.96. The molecule has 0 saturated heterocycles. The number of hydrogen-bond acceptors (Lipinski definition) is 4. The number of hydrogen-bond donors (Lipinski definition) is 1. The van der Waals surface area contributed by atoms with Crippen molar-refractivity contribution >= 4 is 23.0 Å². The van der Waals surface area contributed by atoms with Crippen LogP contribution in [0.2, 0.25) is 0 Å². The molecule has 2 aromatic heterocycles. The average molecular weight is 264 g/mol. The fraction of sp³-hybridized carbons (Fsp3) is 0.308. The summed E-state index contributed by atoms with van der Waals surface area (Å²) in [5.74, 6) is -0.316. The fourth-order valence-electron chi connectivity index (χ4n) is 1.74. The molecule has 0 radical (unpaired) electrons. The van der Waals surface area contributed by atoms with Crippen LogP contribution in [0.25, 0.3) is 0 Å². The van der Waals surface area contributed by atoms with Gasteiger partial charge in [-0.15, -0.1) is 0 Å². The monoisotopic (exact) mass is 264 g/mol. The van der Waals surface area contributed by atoms with Gasteiger partial charge in [0.2, 0.25) is 0 Å². The third kappa shape index (κ3) is 2.92. The molecule has 0 amide bonds. The number of nitrogens with two attached hydrogens (primary N) is 1. The molecule has 4 nitrogen and oxygen atoms in total. The van der Waals surface area contributed by atoms with Crippen LogP contribution in [0.4, 0.5) is 5.69 Å². The highest BCUT2D eigenvalue weighted by atomic mass is 32.1. The quantitative estimate of drug-likeness (QED) is 0.844. The number of ether oxygens (including phenoxy) is 1. The second kappa shape index (κ2) is 5.73. The summed E-state index contributed by atoms with van der Waals surface area (Å²) >= 11 is 1.64. The Labute approximate surface area is 110 Å². The van der Waals surface area contributed by atoms with E-state index in [9.17, 15) is 4.79 Å². The van der Waals surface area contributed by atoms with Crippen LogP contribution in [0.3, 0.4) is 0 Å². The van der Waals surface area contributed by atoms with Gasteiger partial charge in [-0.1, -0.05) is 0 Å². The van der Waals surface area contributed by atoms with Crippen LogP contribution < -0.4 is 5.73 Å². The van der Waals surface area contributed by atoms with E-state index in [-0.39, 0.29) is 5.97 Å². The van der Waals surface area contributed by atoms with Crippen molar-refractivity contribution in [2.75, 3.05) is 12.3 Å². The molecule has 96 valence electrons. The van der Waals surface area contributed by atoms with Crippen molar-refractivity contribution in [3.8, 4) is 0 Å². The Morgan fingerprint density at radius 3 is 3.06 bits per heavy atom. The Balaban J connectivity index is 1.91. The first-order valence-electron chi connectivity index (χ1n) is 5.84. The molecule has 0 aliphatic carbocycles. The maximum atomic E-state index is 11.9. The van der Waals surface area contributed by atoms with Crippen LogP contribution in [0.1, 0.15) is 23.0 Å². The minimum absolute atomic E-state index is 0.316. The van der Waals surface area contributed by atoms with Gasteiger partial charge in [0.15, 0.2) is 0 Å². The number of aromatic nitrogens is 1. The SMILES string of the molecule is CCn1cc(N)cc1C(=O)OCCc1ccsc1. The van der Waals surface area contributed by atoms with Gasteiger partial charge in [0.1, 0.15) is 5.69 Å². The van der Waals surface area contributed by atoms with Gasteiger partial charge < -0.3 is 15.0 Å². The number of carbonyl (C=O) groups is 1. The zero-order chi connectivity index (χ0) is 13.0.